The minimum absolute atomic E-state index is 0.0772. The molecule has 27 heavy (non-hydrogen) atoms. The van der Waals surface area contributed by atoms with Crippen LogP contribution < -0.4 is 14.8 Å². The maximum Gasteiger partial charge on any atom is 0.269 e. The second-order valence-electron chi connectivity index (χ2n) is 6.21. The summed E-state index contributed by atoms with van der Waals surface area (Å²) in [6.07, 6.45) is 0. The van der Waals surface area contributed by atoms with Gasteiger partial charge < -0.3 is 14.8 Å². The first-order valence-corrected chi connectivity index (χ1v) is 9.67. The van der Waals surface area contributed by atoms with Crippen LogP contribution in [0, 0.1) is 0 Å². The number of hydrogen-bond acceptors (Lipinski definition) is 6. The number of sulfonamides is 1. The monoisotopic (exact) mass is 388 g/mol. The second-order valence-corrected chi connectivity index (χ2v) is 8.05. The highest BCUT2D eigenvalue weighted by molar-refractivity contribution is 7.90. The van der Waals surface area contributed by atoms with Gasteiger partial charge in [-0.05, 0) is 36.8 Å². The molecule has 9 heteroatoms. The standard InChI is InChI=1S/C18H16N2O6S/c1-11(12-6-7-14-15(8-12)26-10-25-14)19-17(21)9-20-18(22)13-4-2-3-5-16(13)27(20,23)24/h2-8,11H,9-10H2,1H3,(H,19,21)/t11-/m0/s1. The van der Waals surface area contributed by atoms with Gasteiger partial charge in [-0.2, -0.15) is 0 Å². The number of rotatable bonds is 4. The summed E-state index contributed by atoms with van der Waals surface area (Å²) in [5, 5.41) is 2.71. The van der Waals surface area contributed by atoms with Gasteiger partial charge in [0.25, 0.3) is 15.9 Å². The van der Waals surface area contributed by atoms with Crippen LogP contribution in [0.15, 0.2) is 47.4 Å². The maximum absolute atomic E-state index is 12.5. The van der Waals surface area contributed by atoms with Crippen LogP contribution in [0.3, 0.4) is 0 Å². The number of nitrogens with one attached hydrogen (secondary N) is 1. The zero-order valence-electron chi connectivity index (χ0n) is 14.3. The number of benzene rings is 2. The van der Waals surface area contributed by atoms with Gasteiger partial charge >= 0.3 is 0 Å². The summed E-state index contributed by atoms with van der Waals surface area (Å²) in [4.78, 5) is 24.7. The summed E-state index contributed by atoms with van der Waals surface area (Å²) >= 11 is 0. The molecule has 8 nitrogen and oxygen atoms in total. The Bertz CT molecular complexity index is 1050. The third-order valence-electron chi connectivity index (χ3n) is 4.47. The van der Waals surface area contributed by atoms with Gasteiger partial charge in [0.2, 0.25) is 12.7 Å². The molecule has 1 N–H and O–H groups in total. The molecule has 1 atom stereocenters. The molecule has 0 saturated carbocycles. The van der Waals surface area contributed by atoms with Crippen molar-refractivity contribution in [2.24, 2.45) is 0 Å². The van der Waals surface area contributed by atoms with Gasteiger partial charge in [0.1, 0.15) is 11.4 Å². The van der Waals surface area contributed by atoms with Crippen LogP contribution in [0.4, 0.5) is 0 Å². The van der Waals surface area contributed by atoms with Crippen molar-refractivity contribution in [2.75, 3.05) is 13.3 Å². The van der Waals surface area contributed by atoms with Crippen molar-refractivity contribution in [3.8, 4) is 11.5 Å². The first-order valence-electron chi connectivity index (χ1n) is 8.23. The first-order chi connectivity index (χ1) is 12.9. The summed E-state index contributed by atoms with van der Waals surface area (Å²) in [7, 11) is -4.01. The molecule has 4 rings (SSSR count). The van der Waals surface area contributed by atoms with Crippen molar-refractivity contribution >= 4 is 21.8 Å². The summed E-state index contributed by atoms with van der Waals surface area (Å²) in [5.41, 5.74) is 0.848. The normalized spacial score (nSPS) is 17.5. The van der Waals surface area contributed by atoms with E-state index in [4.69, 9.17) is 9.47 Å². The summed E-state index contributed by atoms with van der Waals surface area (Å²) in [6, 6.07) is 10.8. The van der Waals surface area contributed by atoms with E-state index in [0.717, 1.165) is 5.56 Å². The summed E-state index contributed by atoms with van der Waals surface area (Å²) in [5.74, 6) is -0.0634. The van der Waals surface area contributed by atoms with E-state index in [9.17, 15) is 18.0 Å². The molecule has 0 saturated heterocycles. The second kappa shape index (κ2) is 6.27. The van der Waals surface area contributed by atoms with E-state index >= 15 is 0 Å². The Morgan fingerprint density at radius 1 is 1.19 bits per heavy atom. The number of amides is 2. The highest BCUT2D eigenvalue weighted by Crippen LogP contribution is 2.34. The third-order valence-corrected chi connectivity index (χ3v) is 6.26. The number of hydrogen-bond donors (Lipinski definition) is 1. The quantitative estimate of drug-likeness (QED) is 0.850. The van der Waals surface area contributed by atoms with Crippen LogP contribution >= 0.6 is 0 Å². The SMILES string of the molecule is C[C@H](NC(=O)CN1C(=O)c2ccccc2S1(=O)=O)c1ccc2c(c1)OCO2. The molecule has 140 valence electrons. The molecule has 2 aromatic carbocycles. The zero-order chi connectivity index (χ0) is 19.2. The number of fused-ring (bicyclic) bond motifs is 2. The molecular formula is C18H16N2O6S. The van der Waals surface area contributed by atoms with Crippen LogP contribution in [-0.2, 0) is 14.8 Å². The van der Waals surface area contributed by atoms with Crippen molar-refractivity contribution in [3.05, 3.63) is 53.6 Å². The van der Waals surface area contributed by atoms with E-state index in [1.165, 1.54) is 18.2 Å². The largest absolute Gasteiger partial charge is 0.454 e. The van der Waals surface area contributed by atoms with Crippen molar-refractivity contribution in [1.82, 2.24) is 9.62 Å². The molecule has 0 spiro atoms. The lowest BCUT2D eigenvalue weighted by atomic mass is 10.1. The van der Waals surface area contributed by atoms with Crippen LogP contribution in [0.5, 0.6) is 11.5 Å². The lowest BCUT2D eigenvalue weighted by Gasteiger charge is -2.18. The van der Waals surface area contributed by atoms with E-state index in [-0.39, 0.29) is 17.3 Å². The topological polar surface area (TPSA) is 102 Å². The Kier molecular flexibility index (Phi) is 4.03. The van der Waals surface area contributed by atoms with Gasteiger partial charge in [-0.25, -0.2) is 12.7 Å². The molecule has 0 bridgehead atoms. The Hall–Kier alpha value is -3.07. The fourth-order valence-electron chi connectivity index (χ4n) is 3.07. The molecule has 2 aliphatic rings. The van der Waals surface area contributed by atoms with Gasteiger partial charge in [0, 0.05) is 0 Å². The van der Waals surface area contributed by atoms with Crippen molar-refractivity contribution in [2.45, 2.75) is 17.9 Å². The smallest absolute Gasteiger partial charge is 0.269 e. The van der Waals surface area contributed by atoms with Gasteiger partial charge in [-0.15, -0.1) is 0 Å². The van der Waals surface area contributed by atoms with E-state index in [1.54, 1.807) is 31.2 Å². The molecule has 0 fully saturated rings. The number of nitrogens with zero attached hydrogens (tertiary/aromatic N) is 1. The molecule has 0 aromatic heterocycles. The van der Waals surface area contributed by atoms with Crippen molar-refractivity contribution in [3.63, 3.8) is 0 Å². The first kappa shape index (κ1) is 17.3. The molecule has 0 radical (unpaired) electrons. The molecule has 2 amide bonds. The van der Waals surface area contributed by atoms with Gasteiger partial charge in [0.05, 0.1) is 11.6 Å². The predicted octanol–water partition coefficient (Wildman–Crippen LogP) is 1.44. The minimum atomic E-state index is -4.01. The number of carbonyl (C=O) groups excluding carboxylic acids is 2. The van der Waals surface area contributed by atoms with Crippen LogP contribution in [0.2, 0.25) is 0 Å². The fraction of sp³-hybridized carbons (Fsp3) is 0.222. The third kappa shape index (κ3) is 2.89. The van der Waals surface area contributed by atoms with Crippen molar-refractivity contribution < 1.29 is 27.5 Å². The van der Waals surface area contributed by atoms with E-state index in [1.807, 2.05) is 0 Å². The minimum Gasteiger partial charge on any atom is -0.454 e. The Balaban J connectivity index is 1.48. The molecule has 2 aliphatic heterocycles. The average molecular weight is 388 g/mol. The van der Waals surface area contributed by atoms with Gasteiger partial charge in [-0.3, -0.25) is 9.59 Å². The Morgan fingerprint density at radius 2 is 1.93 bits per heavy atom. The van der Waals surface area contributed by atoms with E-state index in [0.29, 0.717) is 15.8 Å². The van der Waals surface area contributed by atoms with E-state index in [2.05, 4.69) is 5.32 Å². The van der Waals surface area contributed by atoms with Crippen molar-refractivity contribution in [1.29, 1.82) is 0 Å². The average Bonchev–Trinajstić information content (AvgIpc) is 3.19. The predicted molar refractivity (Wildman–Crippen MR) is 93.8 cm³/mol. The van der Waals surface area contributed by atoms with Crippen LogP contribution in [0.1, 0.15) is 28.9 Å². The highest BCUT2D eigenvalue weighted by Gasteiger charge is 2.41. The summed E-state index contributed by atoms with van der Waals surface area (Å²) in [6.45, 7) is 1.32. The zero-order valence-corrected chi connectivity index (χ0v) is 15.2. The Morgan fingerprint density at radius 3 is 2.70 bits per heavy atom. The molecular weight excluding hydrogens is 372 g/mol. The maximum atomic E-state index is 12.5. The lowest BCUT2D eigenvalue weighted by molar-refractivity contribution is -0.121. The molecule has 2 heterocycles. The molecule has 0 unspecified atom stereocenters. The van der Waals surface area contributed by atoms with Crippen LogP contribution in [-0.4, -0.2) is 37.9 Å². The van der Waals surface area contributed by atoms with Gasteiger partial charge in [-0.1, -0.05) is 18.2 Å². The number of ether oxygens (including phenoxy) is 2. The highest BCUT2D eigenvalue weighted by atomic mass is 32.2. The molecule has 0 aliphatic carbocycles. The van der Waals surface area contributed by atoms with Crippen LogP contribution in [0.25, 0.3) is 0 Å². The Labute approximate surface area is 155 Å². The summed E-state index contributed by atoms with van der Waals surface area (Å²) < 4.78 is 36.2. The lowest BCUT2D eigenvalue weighted by Crippen LogP contribution is -2.41. The fourth-order valence-corrected chi connectivity index (χ4v) is 4.60. The van der Waals surface area contributed by atoms with E-state index < -0.39 is 34.4 Å². The molecule has 2 aromatic rings. The number of carbonyl (C=O) groups is 2. The van der Waals surface area contributed by atoms with Gasteiger partial charge in [0.15, 0.2) is 11.5 Å².